The van der Waals surface area contributed by atoms with Gasteiger partial charge in [-0.05, 0) is 35.4 Å². The van der Waals surface area contributed by atoms with Crippen molar-refractivity contribution in [1.29, 1.82) is 0 Å². The summed E-state index contributed by atoms with van der Waals surface area (Å²) in [5.74, 6) is -20.0. The van der Waals surface area contributed by atoms with Crippen LogP contribution in [0.15, 0.2) is 36.7 Å². The summed E-state index contributed by atoms with van der Waals surface area (Å²) in [4.78, 5) is 159. The standard InChI is InChI=1S/C28H20N10O12/c39-17-13(18(40)32-25(47)31-17)11(14-19(41)33-26(48)34-20(14)42)7-1-3-29-9(5-7)10-6-8(2-4-30-10)12(15-21(43)35-27(49)36-22(15)44)16-23(45)37-28(50)38-24(16)46/h1-6,11-16H,(H2,31,32,39,40,47)(H2,33,34,41,42,48)(H2,35,36,43,44,49)(H2,37,38,45,46,50). The van der Waals surface area contributed by atoms with Gasteiger partial charge >= 0.3 is 24.1 Å². The smallest absolute Gasteiger partial charge is 0.277 e. The lowest BCUT2D eigenvalue weighted by Gasteiger charge is -2.34. The van der Waals surface area contributed by atoms with Crippen LogP contribution >= 0.6 is 0 Å². The Morgan fingerprint density at radius 1 is 0.380 bits per heavy atom. The molecule has 4 aliphatic rings. The molecule has 254 valence electrons. The molecule has 22 heteroatoms. The molecule has 50 heavy (non-hydrogen) atoms. The Labute approximate surface area is 276 Å². The molecule has 6 rings (SSSR count). The lowest BCUT2D eigenvalue weighted by atomic mass is 9.73. The maximum absolute atomic E-state index is 12.9. The maximum Gasteiger partial charge on any atom is 0.328 e. The Hall–Kier alpha value is -7.26. The van der Waals surface area contributed by atoms with Gasteiger partial charge in [0.1, 0.15) is 23.7 Å². The highest BCUT2D eigenvalue weighted by molar-refractivity contribution is 6.21. The minimum Gasteiger partial charge on any atom is -0.277 e. The second-order valence-electron chi connectivity index (χ2n) is 11.1. The van der Waals surface area contributed by atoms with Gasteiger partial charge in [0.2, 0.25) is 47.3 Å². The van der Waals surface area contributed by atoms with Crippen molar-refractivity contribution in [2.75, 3.05) is 0 Å². The highest BCUT2D eigenvalue weighted by atomic mass is 16.2. The average molecular weight is 689 g/mol. The van der Waals surface area contributed by atoms with Crippen molar-refractivity contribution in [2.45, 2.75) is 11.8 Å². The molecule has 0 aliphatic carbocycles. The zero-order valence-electron chi connectivity index (χ0n) is 24.7. The Bertz CT molecular complexity index is 1700. The molecule has 16 amide bonds. The summed E-state index contributed by atoms with van der Waals surface area (Å²) in [5, 5.41) is 15.2. The van der Waals surface area contributed by atoms with Crippen LogP contribution in [-0.2, 0) is 38.4 Å². The molecule has 0 radical (unpaired) electrons. The molecule has 4 aliphatic heterocycles. The molecule has 22 nitrogen and oxygen atoms in total. The van der Waals surface area contributed by atoms with Gasteiger partial charge in [-0.3, -0.25) is 90.9 Å². The van der Waals surface area contributed by atoms with E-state index in [-0.39, 0.29) is 22.5 Å². The molecule has 0 spiro atoms. The number of barbiturate groups is 4. The molecule has 4 saturated heterocycles. The molecule has 2 aromatic heterocycles. The molecule has 0 saturated carbocycles. The quantitative estimate of drug-likeness (QED) is 0.130. The minimum atomic E-state index is -1.86. The fraction of sp³-hybridized carbons (Fsp3) is 0.214. The maximum atomic E-state index is 12.9. The van der Waals surface area contributed by atoms with E-state index in [0.717, 1.165) is 12.4 Å². The van der Waals surface area contributed by atoms with Gasteiger partial charge in [-0.1, -0.05) is 0 Å². The van der Waals surface area contributed by atoms with Crippen molar-refractivity contribution in [2.24, 2.45) is 23.7 Å². The van der Waals surface area contributed by atoms with Crippen LogP contribution in [0.2, 0.25) is 0 Å². The van der Waals surface area contributed by atoms with Gasteiger partial charge in [0, 0.05) is 24.2 Å². The van der Waals surface area contributed by atoms with E-state index < -0.39 is 107 Å². The van der Waals surface area contributed by atoms with Gasteiger partial charge in [-0.2, -0.15) is 0 Å². The van der Waals surface area contributed by atoms with Crippen molar-refractivity contribution in [3.05, 3.63) is 47.8 Å². The Morgan fingerprint density at radius 2 is 0.600 bits per heavy atom. The van der Waals surface area contributed by atoms with Crippen LogP contribution in [-0.4, -0.2) is 81.3 Å². The average Bonchev–Trinajstić information content (AvgIpc) is 3.01. The van der Waals surface area contributed by atoms with E-state index in [9.17, 15) is 57.5 Å². The first-order valence-electron chi connectivity index (χ1n) is 14.3. The number of imide groups is 8. The van der Waals surface area contributed by atoms with E-state index in [4.69, 9.17) is 0 Å². The van der Waals surface area contributed by atoms with E-state index in [1.165, 1.54) is 24.3 Å². The van der Waals surface area contributed by atoms with Crippen molar-refractivity contribution < 1.29 is 57.5 Å². The second kappa shape index (κ2) is 12.4. The zero-order valence-corrected chi connectivity index (χ0v) is 24.7. The third-order valence-electron chi connectivity index (χ3n) is 8.19. The van der Waals surface area contributed by atoms with Crippen LogP contribution in [0.4, 0.5) is 19.2 Å². The van der Waals surface area contributed by atoms with Crippen LogP contribution in [0.3, 0.4) is 0 Å². The topological polar surface area (TPSA) is 327 Å². The predicted molar refractivity (Wildman–Crippen MR) is 154 cm³/mol. The van der Waals surface area contributed by atoms with Crippen LogP contribution in [0.1, 0.15) is 23.0 Å². The summed E-state index contributed by atoms with van der Waals surface area (Å²) >= 11 is 0. The monoisotopic (exact) mass is 688 g/mol. The molecule has 0 unspecified atom stereocenters. The summed E-state index contributed by atoms with van der Waals surface area (Å²) in [6.45, 7) is 0. The first kappa shape index (κ1) is 32.7. The van der Waals surface area contributed by atoms with Gasteiger partial charge in [0.15, 0.2) is 0 Å². The number of pyridine rings is 2. The number of nitrogens with zero attached hydrogens (tertiary/aromatic N) is 2. The number of carbonyl (C=O) groups is 12. The number of hydrogen-bond acceptors (Lipinski definition) is 14. The first-order chi connectivity index (χ1) is 23.7. The van der Waals surface area contributed by atoms with Gasteiger partial charge in [-0.25, -0.2) is 19.2 Å². The summed E-state index contributed by atoms with van der Waals surface area (Å²) in [7, 11) is 0. The molecule has 6 heterocycles. The molecular weight excluding hydrogens is 668 g/mol. The van der Waals surface area contributed by atoms with Gasteiger partial charge in [0.25, 0.3) is 0 Å². The SMILES string of the molecule is O=C1NC(=O)C(C(c2ccnc(-c3cc(C(C4C(=O)NC(=O)NC4=O)C4C(=O)NC(=O)NC4=O)ccn3)c2)C2C(=O)NC(=O)NC2=O)C(=O)N1. The Balaban J connectivity index is 1.45. The summed E-state index contributed by atoms with van der Waals surface area (Å²) in [5.41, 5.74) is -0.257. The third kappa shape index (κ3) is 5.86. The number of aromatic nitrogens is 2. The number of amides is 16. The number of urea groups is 4. The molecule has 8 N–H and O–H groups in total. The fourth-order valence-electron chi connectivity index (χ4n) is 6.17. The molecule has 0 aromatic carbocycles. The van der Waals surface area contributed by atoms with Crippen LogP contribution in [0, 0.1) is 23.7 Å². The van der Waals surface area contributed by atoms with Crippen LogP contribution in [0.5, 0.6) is 0 Å². The van der Waals surface area contributed by atoms with Crippen LogP contribution < -0.4 is 42.5 Å². The van der Waals surface area contributed by atoms with Crippen LogP contribution in [0.25, 0.3) is 11.4 Å². The number of nitrogens with one attached hydrogen (secondary N) is 8. The zero-order chi connectivity index (χ0) is 36.0. The van der Waals surface area contributed by atoms with E-state index >= 15 is 0 Å². The lowest BCUT2D eigenvalue weighted by Crippen LogP contribution is -2.62. The largest absolute Gasteiger partial charge is 0.328 e. The Morgan fingerprint density at radius 3 is 0.820 bits per heavy atom. The van der Waals surface area contributed by atoms with Crippen molar-refractivity contribution in [3.8, 4) is 11.4 Å². The summed E-state index contributed by atoms with van der Waals surface area (Å²) < 4.78 is 0. The minimum absolute atomic E-state index is 0.0536. The molecule has 0 atom stereocenters. The normalized spacial score (nSPS) is 19.8. The van der Waals surface area contributed by atoms with Gasteiger partial charge in [-0.15, -0.1) is 0 Å². The number of carbonyl (C=O) groups excluding carboxylic acids is 12. The molecule has 4 fully saturated rings. The molecule has 0 bridgehead atoms. The fourth-order valence-corrected chi connectivity index (χ4v) is 6.17. The molecule has 2 aromatic rings. The van der Waals surface area contributed by atoms with E-state index in [1.807, 2.05) is 42.5 Å². The van der Waals surface area contributed by atoms with Crippen molar-refractivity contribution >= 4 is 71.4 Å². The predicted octanol–water partition coefficient (Wildman–Crippen LogP) is -3.76. The van der Waals surface area contributed by atoms with E-state index in [0.29, 0.717) is 0 Å². The van der Waals surface area contributed by atoms with Gasteiger partial charge in [0.05, 0.1) is 11.4 Å². The Kier molecular flexibility index (Phi) is 8.10. The van der Waals surface area contributed by atoms with E-state index in [1.54, 1.807) is 0 Å². The first-order valence-corrected chi connectivity index (χ1v) is 14.3. The van der Waals surface area contributed by atoms with E-state index in [2.05, 4.69) is 9.97 Å². The second-order valence-corrected chi connectivity index (χ2v) is 11.1. The third-order valence-corrected chi connectivity index (χ3v) is 8.19. The van der Waals surface area contributed by atoms with Crippen molar-refractivity contribution in [3.63, 3.8) is 0 Å². The molecular formula is C28H20N10O12. The lowest BCUT2D eigenvalue weighted by molar-refractivity contribution is -0.145. The summed E-state index contributed by atoms with van der Waals surface area (Å²) in [6, 6.07) is 0.332. The summed E-state index contributed by atoms with van der Waals surface area (Å²) in [6.07, 6.45) is 2.30. The highest BCUT2D eigenvalue weighted by Crippen LogP contribution is 2.39. The van der Waals surface area contributed by atoms with Crippen molar-refractivity contribution in [1.82, 2.24) is 52.5 Å². The highest BCUT2D eigenvalue weighted by Gasteiger charge is 2.52. The number of rotatable bonds is 7. The van der Waals surface area contributed by atoms with Gasteiger partial charge < -0.3 is 0 Å². The number of hydrogen-bond donors (Lipinski definition) is 8.